The predicted octanol–water partition coefficient (Wildman–Crippen LogP) is 6.26. The zero-order chi connectivity index (χ0) is 20.0. The van der Waals surface area contributed by atoms with Gasteiger partial charge in [-0.3, -0.25) is 0 Å². The highest BCUT2D eigenvalue weighted by atomic mass is 19.3. The van der Waals surface area contributed by atoms with Crippen molar-refractivity contribution in [2.45, 2.75) is 57.5 Å². The first-order chi connectivity index (χ1) is 13.5. The van der Waals surface area contributed by atoms with Gasteiger partial charge in [0, 0.05) is 37.2 Å². The lowest BCUT2D eigenvalue weighted by Crippen LogP contribution is -2.36. The molecule has 1 fully saturated rings. The predicted molar refractivity (Wildman–Crippen MR) is 110 cm³/mol. The SMILES string of the molecule is C=CNc1cc(Oc2ccc(CNC3CCC(F)(F)CC3)cc2)ccc1CC. The van der Waals surface area contributed by atoms with Crippen molar-refractivity contribution in [3.05, 3.63) is 66.4 Å². The van der Waals surface area contributed by atoms with Crippen LogP contribution in [0.15, 0.2) is 55.2 Å². The largest absolute Gasteiger partial charge is 0.457 e. The molecule has 1 aliphatic carbocycles. The zero-order valence-electron chi connectivity index (χ0n) is 16.3. The first kappa shape index (κ1) is 20.3. The van der Waals surface area contributed by atoms with Crippen molar-refractivity contribution in [3.63, 3.8) is 0 Å². The van der Waals surface area contributed by atoms with Crippen molar-refractivity contribution in [1.82, 2.24) is 5.32 Å². The molecule has 0 atom stereocenters. The summed E-state index contributed by atoms with van der Waals surface area (Å²) in [6.07, 6.45) is 3.62. The summed E-state index contributed by atoms with van der Waals surface area (Å²) in [4.78, 5) is 0. The van der Waals surface area contributed by atoms with Crippen molar-refractivity contribution in [3.8, 4) is 11.5 Å². The molecule has 0 radical (unpaired) electrons. The third kappa shape index (κ3) is 5.55. The number of hydrogen-bond donors (Lipinski definition) is 2. The molecule has 0 amide bonds. The van der Waals surface area contributed by atoms with E-state index >= 15 is 0 Å². The van der Waals surface area contributed by atoms with E-state index < -0.39 is 5.92 Å². The molecule has 0 bridgehead atoms. The Morgan fingerprint density at radius 3 is 2.43 bits per heavy atom. The van der Waals surface area contributed by atoms with E-state index in [2.05, 4.69) is 24.1 Å². The number of aryl methyl sites for hydroxylation is 1. The molecule has 0 spiro atoms. The Bertz CT molecular complexity index is 780. The van der Waals surface area contributed by atoms with Crippen LogP contribution >= 0.6 is 0 Å². The number of ether oxygens (including phenoxy) is 1. The van der Waals surface area contributed by atoms with E-state index in [1.807, 2.05) is 42.5 Å². The second-order valence-corrected chi connectivity index (χ2v) is 7.28. The maximum atomic E-state index is 13.2. The van der Waals surface area contributed by atoms with Gasteiger partial charge in [0.1, 0.15) is 11.5 Å². The molecule has 1 aliphatic rings. The quantitative estimate of drug-likeness (QED) is 0.561. The van der Waals surface area contributed by atoms with Crippen LogP contribution in [0.2, 0.25) is 0 Å². The highest BCUT2D eigenvalue weighted by Gasteiger charge is 2.34. The zero-order valence-corrected chi connectivity index (χ0v) is 16.3. The smallest absolute Gasteiger partial charge is 0.248 e. The van der Waals surface area contributed by atoms with Gasteiger partial charge in [-0.25, -0.2) is 8.78 Å². The molecule has 1 saturated carbocycles. The number of anilines is 1. The minimum atomic E-state index is -2.48. The van der Waals surface area contributed by atoms with Gasteiger partial charge in [-0.15, -0.1) is 0 Å². The van der Waals surface area contributed by atoms with E-state index in [4.69, 9.17) is 4.74 Å². The Kier molecular flexibility index (Phi) is 6.68. The molecule has 2 aromatic carbocycles. The highest BCUT2D eigenvalue weighted by Crippen LogP contribution is 2.33. The number of rotatable bonds is 8. The average molecular weight is 386 g/mol. The van der Waals surface area contributed by atoms with Gasteiger partial charge >= 0.3 is 0 Å². The molecule has 150 valence electrons. The van der Waals surface area contributed by atoms with E-state index in [0.29, 0.717) is 19.4 Å². The van der Waals surface area contributed by atoms with E-state index in [1.54, 1.807) is 6.20 Å². The summed E-state index contributed by atoms with van der Waals surface area (Å²) in [5, 5.41) is 6.53. The third-order valence-electron chi connectivity index (χ3n) is 5.19. The normalized spacial score (nSPS) is 16.5. The lowest BCUT2D eigenvalue weighted by Gasteiger charge is -2.28. The maximum Gasteiger partial charge on any atom is 0.248 e. The molecule has 3 nitrogen and oxygen atoms in total. The molecule has 3 rings (SSSR count). The summed E-state index contributed by atoms with van der Waals surface area (Å²) in [5.74, 6) is -0.960. The van der Waals surface area contributed by atoms with Crippen LogP contribution in [0.5, 0.6) is 11.5 Å². The highest BCUT2D eigenvalue weighted by molar-refractivity contribution is 5.57. The van der Waals surface area contributed by atoms with Crippen molar-refractivity contribution >= 4 is 5.69 Å². The molecule has 0 saturated heterocycles. The Morgan fingerprint density at radius 2 is 1.79 bits per heavy atom. The fourth-order valence-corrected chi connectivity index (χ4v) is 3.49. The molecule has 0 unspecified atom stereocenters. The molecule has 0 aliphatic heterocycles. The van der Waals surface area contributed by atoms with E-state index in [1.165, 1.54) is 5.56 Å². The van der Waals surface area contributed by atoms with Crippen LogP contribution < -0.4 is 15.4 Å². The Morgan fingerprint density at radius 1 is 1.11 bits per heavy atom. The fourth-order valence-electron chi connectivity index (χ4n) is 3.49. The molecule has 5 heteroatoms. The molecule has 28 heavy (non-hydrogen) atoms. The summed E-state index contributed by atoms with van der Waals surface area (Å²) in [6.45, 7) is 6.50. The van der Waals surface area contributed by atoms with Crippen molar-refractivity contribution < 1.29 is 13.5 Å². The molecule has 0 heterocycles. The van der Waals surface area contributed by atoms with Crippen molar-refractivity contribution in [1.29, 1.82) is 0 Å². The Labute approximate surface area is 165 Å². The Balaban J connectivity index is 1.54. The second kappa shape index (κ2) is 9.20. The molecule has 0 aromatic heterocycles. The van der Waals surface area contributed by atoms with Crippen molar-refractivity contribution in [2.24, 2.45) is 0 Å². The first-order valence-electron chi connectivity index (χ1n) is 9.87. The number of halogens is 2. The van der Waals surface area contributed by atoms with Crippen LogP contribution in [0, 0.1) is 0 Å². The van der Waals surface area contributed by atoms with Crippen LogP contribution in [-0.2, 0) is 13.0 Å². The maximum absolute atomic E-state index is 13.2. The van der Waals surface area contributed by atoms with Crippen LogP contribution in [0.4, 0.5) is 14.5 Å². The molecular formula is C23H28F2N2O. The lowest BCUT2D eigenvalue weighted by molar-refractivity contribution is -0.0405. The van der Waals surface area contributed by atoms with Gasteiger partial charge < -0.3 is 15.4 Å². The van der Waals surface area contributed by atoms with Gasteiger partial charge in [-0.2, -0.15) is 0 Å². The number of benzene rings is 2. The number of nitrogens with one attached hydrogen (secondary N) is 2. The standard InChI is InChI=1S/C23H28F2N2O/c1-3-18-7-10-21(15-22(18)26-4-2)28-20-8-5-17(6-9-20)16-27-19-11-13-23(24,25)14-12-19/h4-10,15,19,26-27H,2-3,11-14,16H2,1H3. The lowest BCUT2D eigenvalue weighted by atomic mass is 9.92. The number of alkyl halides is 2. The van der Waals surface area contributed by atoms with Crippen LogP contribution in [0.25, 0.3) is 0 Å². The third-order valence-corrected chi connectivity index (χ3v) is 5.19. The van der Waals surface area contributed by atoms with Crippen LogP contribution in [0.3, 0.4) is 0 Å². The van der Waals surface area contributed by atoms with Gasteiger partial charge in [0.25, 0.3) is 0 Å². The van der Waals surface area contributed by atoms with E-state index in [-0.39, 0.29) is 18.9 Å². The van der Waals surface area contributed by atoms with Crippen LogP contribution in [0.1, 0.15) is 43.7 Å². The average Bonchev–Trinajstić information content (AvgIpc) is 2.69. The van der Waals surface area contributed by atoms with Gasteiger partial charge in [0.05, 0.1) is 0 Å². The summed E-state index contributed by atoms with van der Waals surface area (Å²) < 4.78 is 32.4. The topological polar surface area (TPSA) is 33.3 Å². The number of hydrogen-bond acceptors (Lipinski definition) is 3. The van der Waals surface area contributed by atoms with Gasteiger partial charge in [-0.1, -0.05) is 31.7 Å². The summed E-state index contributed by atoms with van der Waals surface area (Å²) in [5.41, 5.74) is 3.31. The first-order valence-corrected chi connectivity index (χ1v) is 9.87. The fraction of sp³-hybridized carbons (Fsp3) is 0.391. The van der Waals surface area contributed by atoms with Gasteiger partial charge in [-0.05, 0) is 54.8 Å². The Hall–Kier alpha value is -2.40. The minimum Gasteiger partial charge on any atom is -0.457 e. The minimum absolute atomic E-state index is 0.0169. The summed E-state index contributed by atoms with van der Waals surface area (Å²) in [6, 6.07) is 14.0. The molecule has 2 aromatic rings. The summed E-state index contributed by atoms with van der Waals surface area (Å²) >= 11 is 0. The van der Waals surface area contributed by atoms with E-state index in [9.17, 15) is 8.78 Å². The van der Waals surface area contributed by atoms with Crippen LogP contribution in [-0.4, -0.2) is 12.0 Å². The van der Waals surface area contributed by atoms with E-state index in [0.717, 1.165) is 29.2 Å². The monoisotopic (exact) mass is 386 g/mol. The second-order valence-electron chi connectivity index (χ2n) is 7.28. The molecule has 2 N–H and O–H groups in total. The van der Waals surface area contributed by atoms with Gasteiger partial charge in [0.2, 0.25) is 5.92 Å². The molecular weight excluding hydrogens is 358 g/mol. The summed E-state index contributed by atoms with van der Waals surface area (Å²) in [7, 11) is 0. The van der Waals surface area contributed by atoms with Gasteiger partial charge in [0.15, 0.2) is 0 Å². The van der Waals surface area contributed by atoms with Crippen molar-refractivity contribution in [2.75, 3.05) is 5.32 Å².